The SMILES string of the molecule is CC1(C)OB(C(=Cc2c(F)cccc2Cl)CS)OC1(C)C. The predicted octanol–water partition coefficient (Wildman–Crippen LogP) is 4.42. The molecule has 0 spiro atoms. The van der Waals surface area contributed by atoms with E-state index in [1.165, 1.54) is 6.07 Å². The van der Waals surface area contributed by atoms with Crippen LogP contribution in [0.4, 0.5) is 4.39 Å². The molecule has 0 saturated carbocycles. The molecule has 0 radical (unpaired) electrons. The smallest absolute Gasteiger partial charge is 0.400 e. The Balaban J connectivity index is 2.36. The zero-order valence-electron chi connectivity index (χ0n) is 12.6. The lowest BCUT2D eigenvalue weighted by molar-refractivity contribution is 0.00578. The minimum atomic E-state index is -0.553. The van der Waals surface area contributed by atoms with E-state index in [4.69, 9.17) is 20.9 Å². The second-order valence-corrected chi connectivity index (χ2v) is 6.82. The maximum atomic E-state index is 13.9. The van der Waals surface area contributed by atoms with Gasteiger partial charge in [-0.3, -0.25) is 0 Å². The molecule has 1 aromatic carbocycles. The van der Waals surface area contributed by atoms with Gasteiger partial charge in [0, 0.05) is 11.3 Å². The Morgan fingerprint density at radius 1 is 1.29 bits per heavy atom. The van der Waals surface area contributed by atoms with Crippen LogP contribution in [0.2, 0.25) is 5.02 Å². The van der Waals surface area contributed by atoms with Crippen molar-refractivity contribution in [2.45, 2.75) is 38.9 Å². The molecule has 0 unspecified atom stereocenters. The van der Waals surface area contributed by atoms with E-state index in [0.29, 0.717) is 16.3 Å². The number of halogens is 2. The average Bonchev–Trinajstić information content (AvgIpc) is 2.58. The summed E-state index contributed by atoms with van der Waals surface area (Å²) in [5.74, 6) is 0.0138. The lowest BCUT2D eigenvalue weighted by Gasteiger charge is -2.32. The highest BCUT2D eigenvalue weighted by atomic mass is 35.5. The monoisotopic (exact) mass is 328 g/mol. The van der Waals surface area contributed by atoms with Crippen LogP contribution in [0.1, 0.15) is 33.3 Å². The van der Waals surface area contributed by atoms with Crippen molar-refractivity contribution >= 4 is 37.4 Å². The van der Waals surface area contributed by atoms with Crippen molar-refractivity contribution in [2.24, 2.45) is 0 Å². The third-order valence-electron chi connectivity index (χ3n) is 4.07. The minimum absolute atomic E-state index is 0.331. The van der Waals surface area contributed by atoms with Gasteiger partial charge < -0.3 is 9.31 Å². The normalized spacial score (nSPS) is 20.9. The zero-order valence-corrected chi connectivity index (χ0v) is 14.3. The molecular formula is C15H19BClFO2S. The van der Waals surface area contributed by atoms with Crippen LogP contribution in [0, 0.1) is 5.82 Å². The molecule has 0 atom stereocenters. The van der Waals surface area contributed by atoms with Gasteiger partial charge in [0.2, 0.25) is 0 Å². The first-order chi connectivity index (χ1) is 9.68. The topological polar surface area (TPSA) is 18.5 Å². The molecule has 1 saturated heterocycles. The summed E-state index contributed by atoms with van der Waals surface area (Å²) in [7, 11) is -0.553. The Kier molecular flexibility index (Phi) is 4.79. The fourth-order valence-electron chi connectivity index (χ4n) is 2.02. The van der Waals surface area contributed by atoms with Gasteiger partial charge in [0.15, 0.2) is 0 Å². The van der Waals surface area contributed by atoms with Gasteiger partial charge in [-0.1, -0.05) is 23.7 Å². The predicted molar refractivity (Wildman–Crippen MR) is 89.3 cm³/mol. The summed E-state index contributed by atoms with van der Waals surface area (Å²) >= 11 is 10.4. The van der Waals surface area contributed by atoms with E-state index >= 15 is 0 Å². The van der Waals surface area contributed by atoms with E-state index < -0.39 is 18.3 Å². The van der Waals surface area contributed by atoms with Crippen molar-refractivity contribution in [3.8, 4) is 0 Å². The van der Waals surface area contributed by atoms with E-state index in [-0.39, 0.29) is 5.82 Å². The minimum Gasteiger partial charge on any atom is -0.400 e. The molecule has 0 bridgehead atoms. The molecule has 0 amide bonds. The standard InChI is InChI=1S/C15H19BClFO2S/c1-14(2)15(3,4)20-16(19-14)10(9-21)8-11-12(17)6-5-7-13(11)18/h5-8,21H,9H2,1-4H3. The fraction of sp³-hybridized carbons (Fsp3) is 0.467. The van der Waals surface area contributed by atoms with Crippen LogP contribution < -0.4 is 0 Å². The van der Waals surface area contributed by atoms with Crippen LogP contribution >= 0.6 is 24.2 Å². The van der Waals surface area contributed by atoms with Gasteiger partial charge in [0.1, 0.15) is 5.82 Å². The number of hydrogen-bond donors (Lipinski definition) is 1. The van der Waals surface area contributed by atoms with Crippen LogP contribution in [0.5, 0.6) is 0 Å². The van der Waals surface area contributed by atoms with Gasteiger partial charge in [0.25, 0.3) is 0 Å². The highest BCUT2D eigenvalue weighted by Crippen LogP contribution is 2.39. The van der Waals surface area contributed by atoms with Crippen molar-refractivity contribution in [3.05, 3.63) is 40.1 Å². The van der Waals surface area contributed by atoms with E-state index in [1.54, 1.807) is 18.2 Å². The molecule has 1 fully saturated rings. The lowest BCUT2D eigenvalue weighted by Crippen LogP contribution is -2.41. The average molecular weight is 329 g/mol. The summed E-state index contributed by atoms with van der Waals surface area (Å²) in [5.41, 5.74) is 0.180. The summed E-state index contributed by atoms with van der Waals surface area (Å²) < 4.78 is 25.8. The first-order valence-electron chi connectivity index (χ1n) is 6.79. The fourth-order valence-corrected chi connectivity index (χ4v) is 2.47. The van der Waals surface area contributed by atoms with Crippen molar-refractivity contribution in [1.29, 1.82) is 0 Å². The third kappa shape index (κ3) is 3.31. The van der Waals surface area contributed by atoms with Crippen molar-refractivity contribution < 1.29 is 13.7 Å². The van der Waals surface area contributed by atoms with Crippen LogP contribution in [0.25, 0.3) is 6.08 Å². The van der Waals surface area contributed by atoms with Gasteiger partial charge in [-0.25, -0.2) is 4.39 Å². The van der Waals surface area contributed by atoms with E-state index in [0.717, 1.165) is 5.47 Å². The molecule has 0 N–H and O–H groups in total. The molecular weight excluding hydrogens is 309 g/mol. The summed E-state index contributed by atoms with van der Waals surface area (Å²) in [6, 6.07) is 4.60. The van der Waals surface area contributed by atoms with E-state index in [2.05, 4.69) is 12.6 Å². The first kappa shape index (κ1) is 16.9. The molecule has 1 aromatic rings. The molecule has 1 aliphatic heterocycles. The summed E-state index contributed by atoms with van der Waals surface area (Å²) in [6.07, 6.45) is 1.66. The second kappa shape index (κ2) is 5.96. The Morgan fingerprint density at radius 3 is 2.33 bits per heavy atom. The van der Waals surface area contributed by atoms with Crippen molar-refractivity contribution in [3.63, 3.8) is 0 Å². The van der Waals surface area contributed by atoms with Gasteiger partial charge >= 0.3 is 7.12 Å². The Bertz CT molecular complexity index is 539. The summed E-state index contributed by atoms with van der Waals surface area (Å²) in [4.78, 5) is 0. The van der Waals surface area contributed by atoms with Crippen molar-refractivity contribution in [2.75, 3.05) is 5.75 Å². The van der Waals surface area contributed by atoms with Crippen LogP contribution in [0.15, 0.2) is 23.7 Å². The molecule has 0 aliphatic carbocycles. The number of thiol groups is 1. The quantitative estimate of drug-likeness (QED) is 0.654. The maximum absolute atomic E-state index is 13.9. The van der Waals surface area contributed by atoms with E-state index in [9.17, 15) is 4.39 Å². The molecule has 114 valence electrons. The van der Waals surface area contributed by atoms with Gasteiger partial charge in [-0.2, -0.15) is 12.6 Å². The number of rotatable bonds is 3. The van der Waals surface area contributed by atoms with Crippen LogP contribution in [0.3, 0.4) is 0 Å². The molecule has 1 aliphatic rings. The molecule has 2 rings (SSSR count). The Hall–Kier alpha value is -0.485. The van der Waals surface area contributed by atoms with Gasteiger partial charge in [0.05, 0.1) is 16.2 Å². The van der Waals surface area contributed by atoms with Gasteiger partial charge in [-0.15, -0.1) is 0 Å². The molecule has 6 heteroatoms. The third-order valence-corrected chi connectivity index (χ3v) is 4.76. The Morgan fingerprint density at radius 2 is 1.86 bits per heavy atom. The van der Waals surface area contributed by atoms with Crippen LogP contribution in [-0.4, -0.2) is 24.1 Å². The highest BCUT2D eigenvalue weighted by molar-refractivity contribution is 7.80. The van der Waals surface area contributed by atoms with Crippen LogP contribution in [-0.2, 0) is 9.31 Å². The number of benzene rings is 1. The second-order valence-electron chi connectivity index (χ2n) is 6.10. The zero-order chi connectivity index (χ0) is 15.8. The Labute approximate surface area is 136 Å². The summed E-state index contributed by atoms with van der Waals surface area (Å²) in [5, 5.41) is 0.353. The first-order valence-corrected chi connectivity index (χ1v) is 7.80. The molecule has 2 nitrogen and oxygen atoms in total. The lowest BCUT2D eigenvalue weighted by atomic mass is 9.78. The molecule has 21 heavy (non-hydrogen) atoms. The summed E-state index contributed by atoms with van der Waals surface area (Å²) in [6.45, 7) is 7.89. The van der Waals surface area contributed by atoms with E-state index in [1.807, 2.05) is 27.7 Å². The van der Waals surface area contributed by atoms with Gasteiger partial charge in [-0.05, 0) is 45.3 Å². The molecule has 0 aromatic heterocycles. The highest BCUT2D eigenvalue weighted by Gasteiger charge is 2.52. The van der Waals surface area contributed by atoms with Crippen molar-refractivity contribution in [1.82, 2.24) is 0 Å². The number of hydrogen-bond acceptors (Lipinski definition) is 3. The maximum Gasteiger partial charge on any atom is 0.491 e. The largest absolute Gasteiger partial charge is 0.491 e. The molecule has 1 heterocycles.